The van der Waals surface area contributed by atoms with Gasteiger partial charge in [0.2, 0.25) is 10.0 Å². The highest BCUT2D eigenvalue weighted by Gasteiger charge is 2.37. The first-order valence-corrected chi connectivity index (χ1v) is 8.96. The molecule has 0 bridgehead atoms. The maximum atomic E-state index is 11.9. The molecule has 0 amide bonds. The molecule has 19 heavy (non-hydrogen) atoms. The van der Waals surface area contributed by atoms with Crippen molar-refractivity contribution in [2.75, 3.05) is 26.0 Å². The van der Waals surface area contributed by atoms with Crippen molar-refractivity contribution in [1.82, 2.24) is 10.0 Å². The Morgan fingerprint density at radius 3 is 2.53 bits per heavy atom. The minimum atomic E-state index is -3.14. The fourth-order valence-corrected chi connectivity index (χ4v) is 3.56. The molecule has 0 aliphatic heterocycles. The summed E-state index contributed by atoms with van der Waals surface area (Å²) in [5.74, 6) is 0.221. The van der Waals surface area contributed by atoms with Crippen LogP contribution in [0.2, 0.25) is 0 Å². The lowest BCUT2D eigenvalue weighted by atomic mass is 9.80. The monoisotopic (exact) mass is 290 g/mol. The van der Waals surface area contributed by atoms with Gasteiger partial charge in [-0.05, 0) is 51.5 Å². The van der Waals surface area contributed by atoms with Gasteiger partial charge >= 0.3 is 0 Å². The van der Waals surface area contributed by atoms with Crippen LogP contribution in [0.3, 0.4) is 0 Å². The van der Waals surface area contributed by atoms with E-state index in [1.165, 1.54) is 12.8 Å². The van der Waals surface area contributed by atoms with Crippen LogP contribution in [0.25, 0.3) is 0 Å². The first-order chi connectivity index (χ1) is 9.05. The van der Waals surface area contributed by atoms with Crippen LogP contribution >= 0.6 is 0 Å². The van der Waals surface area contributed by atoms with Gasteiger partial charge in [0.15, 0.2) is 0 Å². The lowest BCUT2D eigenvalue weighted by Gasteiger charge is -2.40. The van der Waals surface area contributed by atoms with Crippen LogP contribution in [0.15, 0.2) is 0 Å². The summed E-state index contributed by atoms with van der Waals surface area (Å²) in [6, 6.07) is 0.704. The number of rotatable bonds is 10. The van der Waals surface area contributed by atoms with E-state index in [1.807, 2.05) is 0 Å². The quantitative estimate of drug-likeness (QED) is 0.589. The summed E-state index contributed by atoms with van der Waals surface area (Å²) < 4.78 is 31.8. The highest BCUT2D eigenvalue weighted by atomic mass is 32.2. The zero-order valence-corrected chi connectivity index (χ0v) is 12.6. The Kier molecular flexibility index (Phi) is 5.22. The molecule has 112 valence electrons. The van der Waals surface area contributed by atoms with Crippen LogP contribution in [0.4, 0.5) is 0 Å². The van der Waals surface area contributed by atoms with Crippen molar-refractivity contribution < 1.29 is 13.2 Å². The molecule has 6 heteroatoms. The molecule has 2 fully saturated rings. The Labute approximate surface area is 116 Å². The third kappa shape index (κ3) is 5.02. The van der Waals surface area contributed by atoms with Gasteiger partial charge in [0, 0.05) is 19.7 Å². The molecule has 2 N–H and O–H groups in total. The number of hydrogen-bond acceptors (Lipinski definition) is 4. The average Bonchev–Trinajstić information content (AvgIpc) is 3.11. The number of ether oxygens (including phenoxy) is 1. The Morgan fingerprint density at radius 2 is 2.00 bits per heavy atom. The van der Waals surface area contributed by atoms with Crippen molar-refractivity contribution in [2.45, 2.75) is 56.6 Å². The zero-order chi connectivity index (χ0) is 13.8. The highest BCUT2D eigenvalue weighted by Crippen LogP contribution is 2.34. The fourth-order valence-electron chi connectivity index (χ4n) is 2.35. The molecule has 2 saturated carbocycles. The molecule has 0 aromatic carbocycles. The van der Waals surface area contributed by atoms with Gasteiger partial charge in [-0.25, -0.2) is 13.1 Å². The Morgan fingerprint density at radius 1 is 1.26 bits per heavy atom. The molecule has 0 atom stereocenters. The van der Waals surface area contributed by atoms with Crippen LogP contribution in [0.5, 0.6) is 0 Å². The third-order valence-electron chi connectivity index (χ3n) is 4.16. The summed E-state index contributed by atoms with van der Waals surface area (Å²) in [6.45, 7) is 1.36. The summed E-state index contributed by atoms with van der Waals surface area (Å²) in [6.07, 6.45) is 7.23. The molecule has 5 nitrogen and oxygen atoms in total. The van der Waals surface area contributed by atoms with E-state index in [1.54, 1.807) is 7.11 Å². The van der Waals surface area contributed by atoms with Crippen molar-refractivity contribution in [3.05, 3.63) is 0 Å². The van der Waals surface area contributed by atoms with E-state index < -0.39 is 10.0 Å². The molecule has 2 aliphatic rings. The van der Waals surface area contributed by atoms with Crippen LogP contribution in [-0.2, 0) is 14.8 Å². The molecule has 0 spiro atoms. The van der Waals surface area contributed by atoms with Gasteiger partial charge in [0.05, 0.1) is 11.4 Å². The summed E-state index contributed by atoms with van der Waals surface area (Å²) in [7, 11) is -1.48. The maximum Gasteiger partial charge on any atom is 0.211 e. The van der Waals surface area contributed by atoms with Crippen molar-refractivity contribution in [2.24, 2.45) is 0 Å². The number of unbranched alkanes of at least 4 members (excludes halogenated alkanes) is 1. The molecule has 2 aliphatic carbocycles. The van der Waals surface area contributed by atoms with Gasteiger partial charge in [-0.15, -0.1) is 0 Å². The number of sulfonamides is 1. The summed E-state index contributed by atoms with van der Waals surface area (Å²) in [4.78, 5) is 0. The Balaban J connectivity index is 1.58. The molecule has 0 radical (unpaired) electrons. The van der Waals surface area contributed by atoms with Gasteiger partial charge in [0.1, 0.15) is 0 Å². The van der Waals surface area contributed by atoms with E-state index in [-0.39, 0.29) is 11.4 Å². The van der Waals surface area contributed by atoms with Gasteiger partial charge in [-0.2, -0.15) is 0 Å². The van der Waals surface area contributed by atoms with Crippen LogP contribution < -0.4 is 10.0 Å². The Hall–Kier alpha value is -0.170. The van der Waals surface area contributed by atoms with Gasteiger partial charge in [0.25, 0.3) is 0 Å². The van der Waals surface area contributed by atoms with Crippen molar-refractivity contribution in [3.63, 3.8) is 0 Å². The van der Waals surface area contributed by atoms with E-state index in [0.717, 1.165) is 38.6 Å². The number of hydrogen-bond donors (Lipinski definition) is 2. The fraction of sp³-hybridized carbons (Fsp3) is 1.00. The SMILES string of the molecule is COC1(CNS(=O)(=O)CCCCNC2CC2)CCC1. The molecule has 0 heterocycles. The minimum Gasteiger partial charge on any atom is -0.377 e. The summed E-state index contributed by atoms with van der Waals surface area (Å²) >= 11 is 0. The largest absolute Gasteiger partial charge is 0.377 e. The zero-order valence-electron chi connectivity index (χ0n) is 11.8. The average molecular weight is 290 g/mol. The molecular formula is C13H26N2O3S. The van der Waals surface area contributed by atoms with Crippen molar-refractivity contribution >= 4 is 10.0 Å². The first kappa shape index (κ1) is 15.2. The molecular weight excluding hydrogens is 264 g/mol. The van der Waals surface area contributed by atoms with Crippen molar-refractivity contribution in [1.29, 1.82) is 0 Å². The molecule has 0 saturated heterocycles. The highest BCUT2D eigenvalue weighted by molar-refractivity contribution is 7.89. The lowest BCUT2D eigenvalue weighted by Crippen LogP contribution is -2.49. The van der Waals surface area contributed by atoms with Gasteiger partial charge < -0.3 is 10.1 Å². The number of nitrogens with one attached hydrogen (secondary N) is 2. The molecule has 0 aromatic rings. The van der Waals surface area contributed by atoms with E-state index >= 15 is 0 Å². The van der Waals surface area contributed by atoms with Crippen molar-refractivity contribution in [3.8, 4) is 0 Å². The van der Waals surface area contributed by atoms with E-state index in [9.17, 15) is 8.42 Å². The maximum absolute atomic E-state index is 11.9. The van der Waals surface area contributed by atoms with E-state index in [0.29, 0.717) is 12.6 Å². The number of methoxy groups -OCH3 is 1. The summed E-state index contributed by atoms with van der Waals surface area (Å²) in [5.41, 5.74) is -0.236. The second-order valence-electron chi connectivity index (χ2n) is 5.82. The lowest BCUT2D eigenvalue weighted by molar-refractivity contribution is -0.0659. The van der Waals surface area contributed by atoms with Crippen LogP contribution in [0.1, 0.15) is 44.9 Å². The standard InChI is InChI=1S/C13H26N2O3S/c1-18-13(7-4-8-13)11-15-19(16,17)10-3-2-9-14-12-5-6-12/h12,14-15H,2-11H2,1H3. The smallest absolute Gasteiger partial charge is 0.211 e. The second kappa shape index (κ2) is 6.52. The molecule has 0 aromatic heterocycles. The van der Waals surface area contributed by atoms with Gasteiger partial charge in [-0.1, -0.05) is 0 Å². The molecule has 2 rings (SSSR count). The predicted molar refractivity (Wildman–Crippen MR) is 75.6 cm³/mol. The minimum absolute atomic E-state index is 0.221. The summed E-state index contributed by atoms with van der Waals surface area (Å²) in [5, 5.41) is 3.39. The molecule has 0 unspecified atom stereocenters. The van der Waals surface area contributed by atoms with E-state index in [2.05, 4.69) is 10.0 Å². The normalized spacial score (nSPS) is 22.2. The first-order valence-electron chi connectivity index (χ1n) is 7.31. The third-order valence-corrected chi connectivity index (χ3v) is 5.57. The van der Waals surface area contributed by atoms with Crippen LogP contribution in [-0.4, -0.2) is 46.0 Å². The second-order valence-corrected chi connectivity index (χ2v) is 7.74. The topological polar surface area (TPSA) is 67.4 Å². The predicted octanol–water partition coefficient (Wildman–Crippen LogP) is 1.01. The van der Waals surface area contributed by atoms with Crippen LogP contribution in [0, 0.1) is 0 Å². The van der Waals surface area contributed by atoms with E-state index in [4.69, 9.17) is 4.74 Å². The van der Waals surface area contributed by atoms with Gasteiger partial charge in [-0.3, -0.25) is 0 Å². The Bertz CT molecular complexity index is 370.